The molecule has 62 heavy (non-hydrogen) atoms. The molecule has 11 aromatic carbocycles. The highest BCUT2D eigenvalue weighted by atomic mass is 14.3. The molecule has 0 nitrogen and oxygen atoms in total. The van der Waals surface area contributed by atoms with Crippen LogP contribution in [0.1, 0.15) is 0 Å². The normalized spacial score (nSPS) is 11.2. The summed E-state index contributed by atoms with van der Waals surface area (Å²) in [5.41, 5.74) is 19.3. The lowest BCUT2D eigenvalue weighted by atomic mass is 9.77. The molecule has 0 heteroatoms. The molecule has 290 valence electrons. The largest absolute Gasteiger partial charge is 0.0622 e. The fourth-order valence-electron chi connectivity index (χ4n) is 9.47. The molecule has 0 heterocycles. The Kier molecular flexibility index (Phi) is 9.65. The minimum Gasteiger partial charge on any atom is -0.0622 e. The molecule has 0 aliphatic carbocycles. The molecule has 11 aromatic rings. The van der Waals surface area contributed by atoms with Gasteiger partial charge in [0.15, 0.2) is 0 Å². The van der Waals surface area contributed by atoms with E-state index in [1.807, 2.05) is 0 Å². The molecule has 0 saturated carbocycles. The molecule has 0 saturated heterocycles. The highest BCUT2D eigenvalue weighted by Gasteiger charge is 2.26. The molecule has 0 amide bonds. The van der Waals surface area contributed by atoms with Crippen molar-refractivity contribution < 1.29 is 0 Å². The van der Waals surface area contributed by atoms with Gasteiger partial charge >= 0.3 is 0 Å². The number of fused-ring (bicyclic) bond motifs is 2. The van der Waals surface area contributed by atoms with Gasteiger partial charge < -0.3 is 0 Å². The van der Waals surface area contributed by atoms with Crippen molar-refractivity contribution in [2.24, 2.45) is 0 Å². The van der Waals surface area contributed by atoms with Gasteiger partial charge in [0.2, 0.25) is 0 Å². The van der Waals surface area contributed by atoms with E-state index < -0.39 is 0 Å². The minimum absolute atomic E-state index is 1.18. The van der Waals surface area contributed by atoms with E-state index in [1.165, 1.54) is 111 Å². The second kappa shape index (κ2) is 16.2. The van der Waals surface area contributed by atoms with Gasteiger partial charge in [0.25, 0.3) is 0 Å². The standard InChI is InChI=1S/C62H42/c1-7-23-43(24-8-1)49-39-55(45-27-11-3-12-28-45)61(56(40-49)46-29-13-4-14-30-46)59-51-35-19-21-37-53(51)60(54-38-22-20-36-52(54)59)62-57(47-31-15-5-16-32-47)41-50(44-25-9-2-10-26-44)42-58(62)48-33-17-6-18-34-48/h1-42H. The highest BCUT2D eigenvalue weighted by Crippen LogP contribution is 2.53. The average molecular weight is 787 g/mol. The van der Waals surface area contributed by atoms with Crippen molar-refractivity contribution >= 4 is 21.5 Å². The predicted molar refractivity (Wildman–Crippen MR) is 265 cm³/mol. The third-order valence-electron chi connectivity index (χ3n) is 12.3. The lowest BCUT2D eigenvalue weighted by Crippen LogP contribution is -1.98. The van der Waals surface area contributed by atoms with Gasteiger partial charge in [0.05, 0.1) is 0 Å². The minimum atomic E-state index is 1.18. The monoisotopic (exact) mass is 786 g/mol. The van der Waals surface area contributed by atoms with E-state index in [0.717, 1.165) is 0 Å². The summed E-state index contributed by atoms with van der Waals surface area (Å²) < 4.78 is 0. The molecular formula is C62H42. The molecule has 0 radical (unpaired) electrons. The van der Waals surface area contributed by atoms with Gasteiger partial charge in [-0.3, -0.25) is 0 Å². The maximum absolute atomic E-state index is 2.41. The molecule has 0 unspecified atom stereocenters. The molecule has 0 aliphatic rings. The highest BCUT2D eigenvalue weighted by molar-refractivity contribution is 6.26. The first-order chi connectivity index (χ1) is 30.8. The van der Waals surface area contributed by atoms with Gasteiger partial charge in [-0.1, -0.05) is 231 Å². The van der Waals surface area contributed by atoms with Gasteiger partial charge in [-0.2, -0.15) is 0 Å². The SMILES string of the molecule is c1ccc(-c2cc(-c3ccccc3)c(-c3c4ccccc4c(-c4c(-c5ccccc5)cc(-c5ccccc5)cc4-c4ccccc4)c4ccccc34)c(-c3ccccc3)c2)cc1. The summed E-state index contributed by atoms with van der Waals surface area (Å²) in [6.07, 6.45) is 0. The Morgan fingerprint density at radius 2 is 0.339 bits per heavy atom. The van der Waals surface area contributed by atoms with Crippen LogP contribution in [0.5, 0.6) is 0 Å². The topological polar surface area (TPSA) is 0 Å². The van der Waals surface area contributed by atoms with Crippen LogP contribution in [0, 0.1) is 0 Å². The summed E-state index contributed by atoms with van der Waals surface area (Å²) in [6.45, 7) is 0. The maximum atomic E-state index is 2.41. The Bertz CT molecular complexity index is 2930. The second-order valence-electron chi connectivity index (χ2n) is 15.9. The molecule has 0 spiro atoms. The number of benzene rings is 11. The van der Waals surface area contributed by atoms with Crippen LogP contribution in [0.15, 0.2) is 255 Å². The van der Waals surface area contributed by atoms with E-state index in [4.69, 9.17) is 0 Å². The molecule has 0 fully saturated rings. The van der Waals surface area contributed by atoms with Crippen molar-refractivity contribution in [1.82, 2.24) is 0 Å². The van der Waals surface area contributed by atoms with E-state index in [-0.39, 0.29) is 0 Å². The Balaban J connectivity index is 1.32. The second-order valence-corrected chi connectivity index (χ2v) is 15.9. The van der Waals surface area contributed by atoms with E-state index >= 15 is 0 Å². The lowest BCUT2D eigenvalue weighted by Gasteiger charge is -2.25. The quantitative estimate of drug-likeness (QED) is 0.135. The summed E-state index contributed by atoms with van der Waals surface area (Å²) in [4.78, 5) is 0. The van der Waals surface area contributed by atoms with E-state index in [2.05, 4.69) is 255 Å². The molecule has 0 atom stereocenters. The van der Waals surface area contributed by atoms with Crippen LogP contribution in [-0.4, -0.2) is 0 Å². The summed E-state index contributed by atoms with van der Waals surface area (Å²) in [7, 11) is 0. The van der Waals surface area contributed by atoms with Crippen molar-refractivity contribution in [1.29, 1.82) is 0 Å². The summed E-state index contributed by atoms with van der Waals surface area (Å²) in [6, 6.07) is 93.2. The molecule has 0 N–H and O–H groups in total. The number of hydrogen-bond acceptors (Lipinski definition) is 0. The fourth-order valence-corrected chi connectivity index (χ4v) is 9.47. The van der Waals surface area contributed by atoms with Crippen molar-refractivity contribution in [3.8, 4) is 89.0 Å². The summed E-state index contributed by atoms with van der Waals surface area (Å²) >= 11 is 0. The first kappa shape index (κ1) is 37.0. The van der Waals surface area contributed by atoms with E-state index in [9.17, 15) is 0 Å². The zero-order valence-corrected chi connectivity index (χ0v) is 34.2. The molecule has 0 bridgehead atoms. The Morgan fingerprint density at radius 3 is 0.565 bits per heavy atom. The van der Waals surface area contributed by atoms with Crippen LogP contribution in [-0.2, 0) is 0 Å². The third-order valence-corrected chi connectivity index (χ3v) is 12.3. The Hall–Kier alpha value is -8.06. The van der Waals surface area contributed by atoms with Crippen LogP contribution >= 0.6 is 0 Å². The van der Waals surface area contributed by atoms with Crippen LogP contribution < -0.4 is 0 Å². The fraction of sp³-hybridized carbons (Fsp3) is 0. The maximum Gasteiger partial charge on any atom is -0.00139 e. The third kappa shape index (κ3) is 6.69. The molecule has 11 rings (SSSR count). The molecular weight excluding hydrogens is 745 g/mol. The van der Waals surface area contributed by atoms with Crippen LogP contribution in [0.3, 0.4) is 0 Å². The summed E-state index contributed by atoms with van der Waals surface area (Å²) in [5, 5.41) is 4.86. The zero-order valence-electron chi connectivity index (χ0n) is 34.2. The van der Waals surface area contributed by atoms with Crippen molar-refractivity contribution in [2.75, 3.05) is 0 Å². The number of hydrogen-bond donors (Lipinski definition) is 0. The van der Waals surface area contributed by atoms with Gasteiger partial charge in [0.1, 0.15) is 0 Å². The van der Waals surface area contributed by atoms with Crippen molar-refractivity contribution in [3.05, 3.63) is 255 Å². The van der Waals surface area contributed by atoms with Gasteiger partial charge in [-0.15, -0.1) is 0 Å². The Labute approximate surface area is 363 Å². The average Bonchev–Trinajstić information content (AvgIpc) is 3.36. The first-order valence-electron chi connectivity index (χ1n) is 21.4. The van der Waals surface area contributed by atoms with Crippen LogP contribution in [0.4, 0.5) is 0 Å². The van der Waals surface area contributed by atoms with Gasteiger partial charge in [-0.25, -0.2) is 0 Å². The van der Waals surface area contributed by atoms with E-state index in [0.29, 0.717) is 0 Å². The first-order valence-corrected chi connectivity index (χ1v) is 21.4. The van der Waals surface area contributed by atoms with E-state index in [1.54, 1.807) is 0 Å². The van der Waals surface area contributed by atoms with Crippen molar-refractivity contribution in [3.63, 3.8) is 0 Å². The van der Waals surface area contributed by atoms with Gasteiger partial charge in [-0.05, 0) is 135 Å². The van der Waals surface area contributed by atoms with Crippen molar-refractivity contribution in [2.45, 2.75) is 0 Å². The zero-order chi connectivity index (χ0) is 41.2. The molecule has 0 aromatic heterocycles. The van der Waals surface area contributed by atoms with Gasteiger partial charge in [0, 0.05) is 0 Å². The smallest absolute Gasteiger partial charge is 0.00139 e. The Morgan fingerprint density at radius 1 is 0.145 bits per heavy atom. The predicted octanol–water partition coefficient (Wildman–Crippen LogP) is 17.3. The molecule has 0 aliphatic heterocycles. The lowest BCUT2D eigenvalue weighted by molar-refractivity contribution is 1.55. The van der Waals surface area contributed by atoms with Crippen LogP contribution in [0.25, 0.3) is 111 Å². The summed E-state index contributed by atoms with van der Waals surface area (Å²) in [5.74, 6) is 0. The number of rotatable bonds is 8. The van der Waals surface area contributed by atoms with Crippen LogP contribution in [0.2, 0.25) is 0 Å².